The van der Waals surface area contributed by atoms with Crippen LogP contribution >= 0.6 is 37.2 Å². The van der Waals surface area contributed by atoms with E-state index in [1.807, 2.05) is 0 Å². The summed E-state index contributed by atoms with van der Waals surface area (Å²) >= 11 is 4.24. The second kappa shape index (κ2) is 9.65. The fourth-order valence-corrected chi connectivity index (χ4v) is 0. The first kappa shape index (κ1) is 10.4. The Morgan fingerprint density at radius 3 is 1.00 bits per heavy atom. The third-order valence-electron chi connectivity index (χ3n) is 0. The van der Waals surface area contributed by atoms with Gasteiger partial charge in [-0.1, -0.05) is 0 Å². The molecule has 0 saturated carbocycles. The highest BCUT2D eigenvalue weighted by atomic mass is 128. The number of hydrogen-bond donors (Lipinski definition) is 1. The molecule has 0 bridgehead atoms. The zero-order valence-corrected chi connectivity index (χ0v) is 8.57. The van der Waals surface area contributed by atoms with Gasteiger partial charge >= 0.3 is 0 Å². The molecule has 0 atom stereocenters. The first-order valence-corrected chi connectivity index (χ1v) is 7.93. The van der Waals surface area contributed by atoms with Gasteiger partial charge in [-0.3, -0.25) is 0 Å². The van der Waals surface area contributed by atoms with Crippen LogP contribution in [0.1, 0.15) is 0 Å². The van der Waals surface area contributed by atoms with Crippen LogP contribution in [-0.2, 0) is 0 Å². The van der Waals surface area contributed by atoms with Gasteiger partial charge in [0.15, 0.2) is 0 Å². The maximum Gasteiger partial charge on any atom is 0.0661 e. The molecule has 0 fully saturated rings. The van der Waals surface area contributed by atoms with Gasteiger partial charge in [0.05, 0.1) is 21.1 Å². The molecule has 0 saturated heterocycles. The number of nitrogens with one attached hydrogen (secondary N) is 1. The number of rotatable bonds is 0. The summed E-state index contributed by atoms with van der Waals surface area (Å²) in [6, 6.07) is 0. The van der Waals surface area contributed by atoms with Crippen LogP contribution in [0, 0.1) is 0 Å². The lowest BCUT2D eigenvalue weighted by Gasteiger charge is -1.88. The van der Waals surface area contributed by atoms with Gasteiger partial charge < -0.3 is 4.90 Å². The minimum absolute atomic E-state index is 1.42. The van der Waals surface area contributed by atoms with Crippen molar-refractivity contribution in [1.29, 1.82) is 0 Å². The normalized spacial score (nSPS) is 7.00. The van der Waals surface area contributed by atoms with Crippen molar-refractivity contribution in [2.45, 2.75) is 0 Å². The number of quaternary nitrogens is 1. The molecule has 0 amide bonds. The van der Waals surface area contributed by atoms with E-state index in [1.54, 1.807) is 0 Å². The van der Waals surface area contributed by atoms with Gasteiger partial charge in [0.1, 0.15) is 0 Å². The van der Waals surface area contributed by atoms with Crippen molar-refractivity contribution < 1.29 is 4.90 Å². The molecule has 0 aromatic carbocycles. The Kier molecular flexibility index (Phi) is 16.7. The van der Waals surface area contributed by atoms with E-state index in [2.05, 4.69) is 58.4 Å². The summed E-state index contributed by atoms with van der Waals surface area (Å²) in [6.07, 6.45) is 0. The maximum absolute atomic E-state index is 2.12. The molecule has 0 aliphatic rings. The van der Waals surface area contributed by atoms with Gasteiger partial charge in [0.2, 0.25) is 0 Å². The van der Waals surface area contributed by atoms with E-state index in [0.29, 0.717) is 0 Å². The molecule has 3 heteroatoms. The lowest BCUT2D eigenvalue weighted by molar-refractivity contribution is -0.836. The molecular weight excluding hydrogens is 304 g/mol. The molecular formula is C3H10I2N+. The summed E-state index contributed by atoms with van der Waals surface area (Å²) in [5.41, 5.74) is 0. The molecule has 0 aromatic heterocycles. The van der Waals surface area contributed by atoms with Gasteiger partial charge in [-0.2, -0.15) is 0 Å². The predicted molar refractivity (Wildman–Crippen MR) is 46.8 cm³/mol. The Labute approximate surface area is 62.8 Å². The summed E-state index contributed by atoms with van der Waals surface area (Å²) in [6.45, 7) is 0. The van der Waals surface area contributed by atoms with Crippen LogP contribution in [0.3, 0.4) is 0 Å². The van der Waals surface area contributed by atoms with Crippen LogP contribution in [-0.4, -0.2) is 21.1 Å². The van der Waals surface area contributed by atoms with Crippen LogP contribution < -0.4 is 4.90 Å². The third-order valence-corrected chi connectivity index (χ3v) is 0. The smallest absolute Gasteiger partial charge is 0.0661 e. The van der Waals surface area contributed by atoms with E-state index in [0.717, 1.165) is 0 Å². The Balaban J connectivity index is 0. The fourth-order valence-electron chi connectivity index (χ4n) is 0. The lowest BCUT2D eigenvalue weighted by atomic mass is 11.0. The average molecular weight is 314 g/mol. The summed E-state index contributed by atoms with van der Waals surface area (Å²) < 4.78 is 0. The Morgan fingerprint density at radius 2 is 1.00 bits per heavy atom. The number of hydrogen-bond acceptors (Lipinski definition) is 0. The molecule has 1 nitrogen and oxygen atoms in total. The zero-order valence-electron chi connectivity index (χ0n) is 4.26. The van der Waals surface area contributed by atoms with Crippen LogP contribution in [0.15, 0.2) is 0 Å². The second-order valence-corrected chi connectivity index (χ2v) is 1.50. The summed E-state index contributed by atoms with van der Waals surface area (Å²) in [7, 11) is 6.25. The lowest BCUT2D eigenvalue weighted by Crippen LogP contribution is -3.02. The molecule has 0 aromatic rings. The number of halogens is 2. The minimum Gasteiger partial charge on any atom is -0.342 e. The van der Waals surface area contributed by atoms with E-state index in [9.17, 15) is 0 Å². The quantitative estimate of drug-likeness (QED) is 0.622. The van der Waals surface area contributed by atoms with Crippen LogP contribution in [0.2, 0.25) is 0 Å². The maximum atomic E-state index is 2.12. The molecule has 6 heavy (non-hydrogen) atoms. The third kappa shape index (κ3) is 52.5. The second-order valence-electron chi connectivity index (χ2n) is 1.50. The van der Waals surface area contributed by atoms with Crippen molar-refractivity contribution in [2.75, 3.05) is 21.1 Å². The van der Waals surface area contributed by atoms with Crippen molar-refractivity contribution in [3.05, 3.63) is 0 Å². The van der Waals surface area contributed by atoms with Crippen LogP contribution in [0.4, 0.5) is 0 Å². The average Bonchev–Trinajstić information content (AvgIpc) is 1.41. The van der Waals surface area contributed by atoms with Crippen molar-refractivity contribution in [2.24, 2.45) is 0 Å². The van der Waals surface area contributed by atoms with E-state index >= 15 is 0 Å². The molecule has 0 spiro atoms. The topological polar surface area (TPSA) is 4.44 Å². The Hall–Kier alpha value is 1.42. The summed E-state index contributed by atoms with van der Waals surface area (Å²) in [5, 5.41) is 0. The predicted octanol–water partition coefficient (Wildman–Crippen LogP) is 0.532. The molecule has 0 heterocycles. The molecule has 0 aliphatic carbocycles. The standard InChI is InChI=1S/C3H9N.I2/c1-4(2)3;1-2/h1-3H3;/p+1. The van der Waals surface area contributed by atoms with Crippen LogP contribution in [0.25, 0.3) is 0 Å². The largest absolute Gasteiger partial charge is 0.342 e. The molecule has 40 valence electrons. The van der Waals surface area contributed by atoms with Crippen molar-refractivity contribution >= 4 is 37.2 Å². The highest BCUT2D eigenvalue weighted by molar-refractivity contribution is 15.0. The van der Waals surface area contributed by atoms with Crippen molar-refractivity contribution in [3.63, 3.8) is 0 Å². The highest BCUT2D eigenvalue weighted by Gasteiger charge is 1.61. The Bertz CT molecular complexity index is 13.5. The molecule has 1 N–H and O–H groups in total. The van der Waals surface area contributed by atoms with Gasteiger partial charge in [-0.05, 0) is 0 Å². The minimum atomic E-state index is 1.42. The van der Waals surface area contributed by atoms with E-state index in [4.69, 9.17) is 0 Å². The Morgan fingerprint density at radius 1 is 1.00 bits per heavy atom. The molecule has 0 radical (unpaired) electrons. The van der Waals surface area contributed by atoms with Gasteiger partial charge in [0.25, 0.3) is 0 Å². The summed E-state index contributed by atoms with van der Waals surface area (Å²) in [5.74, 6) is 0. The van der Waals surface area contributed by atoms with Gasteiger partial charge in [0, 0.05) is 37.2 Å². The molecule has 0 aliphatic heterocycles. The van der Waals surface area contributed by atoms with E-state index < -0.39 is 0 Å². The van der Waals surface area contributed by atoms with E-state index in [1.165, 1.54) is 4.90 Å². The van der Waals surface area contributed by atoms with Crippen LogP contribution in [0.5, 0.6) is 0 Å². The van der Waals surface area contributed by atoms with Gasteiger partial charge in [-0.25, -0.2) is 0 Å². The SMILES string of the molecule is C[NH+](C)C.II. The monoisotopic (exact) mass is 314 g/mol. The summed E-state index contributed by atoms with van der Waals surface area (Å²) in [4.78, 5) is 1.42. The fraction of sp³-hybridized carbons (Fsp3) is 1.00. The first-order valence-electron chi connectivity index (χ1n) is 1.64. The highest BCUT2D eigenvalue weighted by Crippen LogP contribution is 1.89. The zero-order chi connectivity index (χ0) is 5.58. The van der Waals surface area contributed by atoms with Crippen molar-refractivity contribution in [3.8, 4) is 0 Å². The van der Waals surface area contributed by atoms with E-state index in [-0.39, 0.29) is 0 Å². The van der Waals surface area contributed by atoms with Crippen molar-refractivity contribution in [1.82, 2.24) is 0 Å². The first-order chi connectivity index (χ1) is 2.73. The molecule has 0 rings (SSSR count). The van der Waals surface area contributed by atoms with Gasteiger partial charge in [-0.15, -0.1) is 0 Å². The molecule has 0 unspecified atom stereocenters.